The van der Waals surface area contributed by atoms with Gasteiger partial charge in [0.15, 0.2) is 5.65 Å². The lowest BCUT2D eigenvalue weighted by atomic mass is 10.1. The van der Waals surface area contributed by atoms with Crippen molar-refractivity contribution in [1.29, 1.82) is 0 Å². The van der Waals surface area contributed by atoms with Crippen molar-refractivity contribution >= 4 is 28.3 Å². The van der Waals surface area contributed by atoms with E-state index in [1.807, 2.05) is 42.1 Å². The van der Waals surface area contributed by atoms with E-state index >= 15 is 0 Å². The number of rotatable bonds is 3. The van der Waals surface area contributed by atoms with Gasteiger partial charge in [0.1, 0.15) is 0 Å². The molecule has 0 saturated heterocycles. The number of carbonyl (C=O) groups is 1. The van der Waals surface area contributed by atoms with E-state index in [-0.39, 0.29) is 11.9 Å². The van der Waals surface area contributed by atoms with Crippen LogP contribution in [-0.4, -0.2) is 27.7 Å². The van der Waals surface area contributed by atoms with Gasteiger partial charge in [-0.15, -0.1) is 11.3 Å². The summed E-state index contributed by atoms with van der Waals surface area (Å²) in [7, 11) is 1.63. The van der Waals surface area contributed by atoms with Crippen LogP contribution in [0.15, 0.2) is 29.8 Å². The summed E-state index contributed by atoms with van der Waals surface area (Å²) in [6, 6.07) is 6.00. The molecule has 6 heteroatoms. The molecule has 0 aliphatic rings. The van der Waals surface area contributed by atoms with Gasteiger partial charge in [0.2, 0.25) is 0 Å². The minimum absolute atomic E-state index is 0.122. The Morgan fingerprint density at radius 1 is 1.43 bits per heavy atom. The maximum Gasteiger partial charge on any atom is 0.251 e. The molecule has 108 valence electrons. The first-order chi connectivity index (χ1) is 10.1. The molecule has 0 aliphatic carbocycles. The first-order valence-corrected chi connectivity index (χ1v) is 7.64. The molecule has 21 heavy (non-hydrogen) atoms. The molecule has 3 aromatic rings. The Balaban J connectivity index is 2.31. The molecule has 0 saturated carbocycles. The molecular formula is C15H16N4OS. The third kappa shape index (κ3) is 2.31. The fraction of sp³-hybridized carbons (Fsp3) is 0.267. The standard InChI is InChI=1S/C15H16N4OS/c1-9(2)19-14-11(8-17-19)10(15(20)16-3)7-12(18-14)13-5-4-6-21-13/h4-9H,1-3H3,(H,16,20). The van der Waals surface area contributed by atoms with E-state index in [1.54, 1.807) is 24.6 Å². The molecule has 1 N–H and O–H groups in total. The van der Waals surface area contributed by atoms with Crippen molar-refractivity contribution in [3.8, 4) is 10.6 Å². The smallest absolute Gasteiger partial charge is 0.251 e. The normalized spacial score (nSPS) is 11.2. The van der Waals surface area contributed by atoms with Crippen LogP contribution in [0.5, 0.6) is 0 Å². The molecule has 0 fully saturated rings. The number of hydrogen-bond donors (Lipinski definition) is 1. The monoisotopic (exact) mass is 300 g/mol. The summed E-state index contributed by atoms with van der Waals surface area (Å²) in [5.41, 5.74) is 2.16. The van der Waals surface area contributed by atoms with Gasteiger partial charge in [-0.2, -0.15) is 5.10 Å². The fourth-order valence-electron chi connectivity index (χ4n) is 2.27. The van der Waals surface area contributed by atoms with Crippen LogP contribution < -0.4 is 5.32 Å². The zero-order chi connectivity index (χ0) is 15.0. The van der Waals surface area contributed by atoms with Gasteiger partial charge in [-0.3, -0.25) is 4.79 Å². The molecule has 0 atom stereocenters. The van der Waals surface area contributed by atoms with E-state index in [4.69, 9.17) is 4.98 Å². The average molecular weight is 300 g/mol. The van der Waals surface area contributed by atoms with Crippen LogP contribution in [-0.2, 0) is 0 Å². The van der Waals surface area contributed by atoms with E-state index < -0.39 is 0 Å². The van der Waals surface area contributed by atoms with E-state index in [2.05, 4.69) is 10.4 Å². The summed E-state index contributed by atoms with van der Waals surface area (Å²) < 4.78 is 1.85. The molecular weight excluding hydrogens is 284 g/mol. The van der Waals surface area contributed by atoms with Crippen molar-refractivity contribution in [2.24, 2.45) is 0 Å². The van der Waals surface area contributed by atoms with Crippen molar-refractivity contribution < 1.29 is 4.79 Å². The molecule has 3 heterocycles. The zero-order valence-corrected chi connectivity index (χ0v) is 12.9. The lowest BCUT2D eigenvalue weighted by Crippen LogP contribution is -2.18. The van der Waals surface area contributed by atoms with E-state index in [0.717, 1.165) is 21.6 Å². The van der Waals surface area contributed by atoms with E-state index in [0.29, 0.717) is 5.56 Å². The summed E-state index contributed by atoms with van der Waals surface area (Å²) in [4.78, 5) is 17.9. The molecule has 0 radical (unpaired) electrons. The predicted octanol–water partition coefficient (Wildman–Crippen LogP) is 3.10. The van der Waals surface area contributed by atoms with Gasteiger partial charge >= 0.3 is 0 Å². The molecule has 1 amide bonds. The number of fused-ring (bicyclic) bond motifs is 1. The highest BCUT2D eigenvalue weighted by atomic mass is 32.1. The third-order valence-electron chi connectivity index (χ3n) is 3.30. The van der Waals surface area contributed by atoms with Crippen LogP contribution >= 0.6 is 11.3 Å². The van der Waals surface area contributed by atoms with Crippen molar-refractivity contribution in [2.45, 2.75) is 19.9 Å². The lowest BCUT2D eigenvalue weighted by Gasteiger charge is -2.09. The molecule has 0 unspecified atom stereocenters. The number of aromatic nitrogens is 3. The summed E-state index contributed by atoms with van der Waals surface area (Å²) in [5.74, 6) is -0.122. The first kappa shape index (κ1) is 13.8. The SMILES string of the molecule is CNC(=O)c1cc(-c2cccs2)nc2c1cnn2C(C)C. The highest BCUT2D eigenvalue weighted by Crippen LogP contribution is 2.28. The van der Waals surface area contributed by atoms with E-state index in [9.17, 15) is 4.79 Å². The second kappa shape index (κ2) is 5.29. The number of nitrogens with zero attached hydrogens (tertiary/aromatic N) is 3. The molecule has 0 aromatic carbocycles. The second-order valence-corrected chi connectivity index (χ2v) is 5.98. The van der Waals surface area contributed by atoms with Crippen molar-refractivity contribution in [3.63, 3.8) is 0 Å². The minimum atomic E-state index is -0.122. The summed E-state index contributed by atoms with van der Waals surface area (Å²) in [6.07, 6.45) is 1.71. The van der Waals surface area contributed by atoms with Gasteiger partial charge in [0.05, 0.1) is 27.7 Å². The molecule has 3 aromatic heterocycles. The third-order valence-corrected chi connectivity index (χ3v) is 4.19. The maximum absolute atomic E-state index is 12.2. The minimum Gasteiger partial charge on any atom is -0.355 e. The number of amides is 1. The van der Waals surface area contributed by atoms with Crippen LogP contribution in [0, 0.1) is 0 Å². The van der Waals surface area contributed by atoms with Gasteiger partial charge in [0.25, 0.3) is 5.91 Å². The van der Waals surface area contributed by atoms with Crippen molar-refractivity contribution in [3.05, 3.63) is 35.3 Å². The van der Waals surface area contributed by atoms with Crippen LogP contribution in [0.3, 0.4) is 0 Å². The Hall–Kier alpha value is -2.21. The highest BCUT2D eigenvalue weighted by molar-refractivity contribution is 7.13. The van der Waals surface area contributed by atoms with Crippen LogP contribution in [0.1, 0.15) is 30.2 Å². The van der Waals surface area contributed by atoms with Gasteiger partial charge in [0, 0.05) is 13.1 Å². The maximum atomic E-state index is 12.2. The number of pyridine rings is 1. The molecule has 0 aliphatic heterocycles. The predicted molar refractivity (Wildman–Crippen MR) is 84.6 cm³/mol. The van der Waals surface area contributed by atoms with Crippen LogP contribution in [0.2, 0.25) is 0 Å². The molecule has 0 spiro atoms. The fourth-order valence-corrected chi connectivity index (χ4v) is 2.96. The van der Waals surface area contributed by atoms with Gasteiger partial charge in [-0.25, -0.2) is 9.67 Å². The first-order valence-electron chi connectivity index (χ1n) is 6.76. The molecule has 3 rings (SSSR count). The Labute approximate surface area is 126 Å². The topological polar surface area (TPSA) is 59.8 Å². The van der Waals surface area contributed by atoms with Gasteiger partial charge < -0.3 is 5.32 Å². The summed E-state index contributed by atoms with van der Waals surface area (Å²) in [6.45, 7) is 4.09. The van der Waals surface area contributed by atoms with E-state index in [1.165, 1.54) is 0 Å². The largest absolute Gasteiger partial charge is 0.355 e. The Morgan fingerprint density at radius 2 is 2.24 bits per heavy atom. The summed E-state index contributed by atoms with van der Waals surface area (Å²) >= 11 is 1.61. The highest BCUT2D eigenvalue weighted by Gasteiger charge is 2.17. The summed E-state index contributed by atoms with van der Waals surface area (Å²) in [5, 5.41) is 9.84. The Morgan fingerprint density at radius 3 is 2.86 bits per heavy atom. The van der Waals surface area contributed by atoms with Gasteiger partial charge in [-0.1, -0.05) is 6.07 Å². The van der Waals surface area contributed by atoms with Crippen LogP contribution in [0.4, 0.5) is 0 Å². The zero-order valence-electron chi connectivity index (χ0n) is 12.1. The number of thiophene rings is 1. The molecule has 0 bridgehead atoms. The van der Waals surface area contributed by atoms with Gasteiger partial charge in [-0.05, 0) is 31.4 Å². The second-order valence-electron chi connectivity index (χ2n) is 5.03. The number of carbonyl (C=O) groups excluding carboxylic acids is 1. The number of nitrogens with one attached hydrogen (secondary N) is 1. The Kier molecular flexibility index (Phi) is 3.47. The van der Waals surface area contributed by atoms with Crippen LogP contribution in [0.25, 0.3) is 21.6 Å². The lowest BCUT2D eigenvalue weighted by molar-refractivity contribution is 0.0964. The quantitative estimate of drug-likeness (QED) is 0.808. The molecule has 5 nitrogen and oxygen atoms in total. The van der Waals surface area contributed by atoms with Crippen molar-refractivity contribution in [1.82, 2.24) is 20.1 Å². The van der Waals surface area contributed by atoms with Crippen molar-refractivity contribution in [2.75, 3.05) is 7.05 Å². The number of hydrogen-bond acceptors (Lipinski definition) is 4. The average Bonchev–Trinajstić information content (AvgIpc) is 3.13. The Bertz CT molecular complexity index is 789.